The van der Waals surface area contributed by atoms with Gasteiger partial charge in [0, 0.05) is 6.20 Å². The summed E-state index contributed by atoms with van der Waals surface area (Å²) in [6, 6.07) is 8.61. The molecule has 6 heteroatoms. The van der Waals surface area contributed by atoms with Gasteiger partial charge in [0.25, 0.3) is 0 Å². The van der Waals surface area contributed by atoms with Gasteiger partial charge in [0.15, 0.2) is 6.29 Å². The molecular weight excluding hydrogens is 325 g/mol. The molecule has 0 amide bonds. The zero-order valence-corrected chi connectivity index (χ0v) is 13.4. The van der Waals surface area contributed by atoms with E-state index in [0.717, 1.165) is 40.3 Å². The van der Waals surface area contributed by atoms with Crippen molar-refractivity contribution in [3.8, 4) is 6.07 Å². The number of carbonyl (C=O) groups is 1. The van der Waals surface area contributed by atoms with Crippen molar-refractivity contribution >= 4 is 33.5 Å². The summed E-state index contributed by atoms with van der Waals surface area (Å²) < 4.78 is 14.9. The van der Waals surface area contributed by atoms with Crippen LogP contribution in [0.2, 0.25) is 0 Å². The molecule has 4 rings (SSSR count). The second-order valence-corrected chi connectivity index (χ2v) is 6.81. The number of nitriles is 1. The van der Waals surface area contributed by atoms with Crippen LogP contribution >= 0.6 is 11.3 Å². The predicted molar refractivity (Wildman–Crippen MR) is 90.8 cm³/mol. The second kappa shape index (κ2) is 5.69. The van der Waals surface area contributed by atoms with Crippen LogP contribution in [0.3, 0.4) is 0 Å². The quantitative estimate of drug-likeness (QED) is 0.727. The fourth-order valence-electron chi connectivity index (χ4n) is 3.18. The number of carbonyl (C=O) groups excluding carboxylic acids is 1. The molecule has 0 spiro atoms. The molecule has 1 atom stereocenters. The third-order valence-electron chi connectivity index (χ3n) is 4.31. The lowest BCUT2D eigenvalue weighted by molar-refractivity contribution is 0.112. The molecule has 24 heavy (non-hydrogen) atoms. The van der Waals surface area contributed by atoms with Gasteiger partial charge >= 0.3 is 0 Å². The monoisotopic (exact) mass is 337 g/mol. The van der Waals surface area contributed by atoms with Crippen molar-refractivity contribution in [3.63, 3.8) is 0 Å². The molecule has 0 bridgehead atoms. The van der Waals surface area contributed by atoms with Crippen molar-refractivity contribution in [1.82, 2.24) is 4.98 Å². The van der Waals surface area contributed by atoms with Gasteiger partial charge in [0.2, 0.25) is 0 Å². The molecule has 1 aliphatic rings. The minimum absolute atomic E-state index is 0.0536. The van der Waals surface area contributed by atoms with Crippen LogP contribution in [0.4, 0.5) is 10.2 Å². The fraction of sp³-hybridized carbons (Fsp3) is 0.167. The van der Waals surface area contributed by atoms with Crippen molar-refractivity contribution in [3.05, 3.63) is 57.8 Å². The SMILES string of the molecule is N#Cc1cc2c(cc1F)[C@H](Nc1nccc3cc(C=O)sc13)CC2. The zero-order valence-electron chi connectivity index (χ0n) is 12.5. The molecule has 0 radical (unpaired) electrons. The highest BCUT2D eigenvalue weighted by Crippen LogP contribution is 2.37. The van der Waals surface area contributed by atoms with Gasteiger partial charge in [-0.3, -0.25) is 4.79 Å². The lowest BCUT2D eigenvalue weighted by Crippen LogP contribution is -2.09. The number of nitrogens with zero attached hydrogens (tertiary/aromatic N) is 2. The maximum absolute atomic E-state index is 14.0. The molecule has 2 heterocycles. The molecule has 0 unspecified atom stereocenters. The first kappa shape index (κ1) is 14.8. The van der Waals surface area contributed by atoms with E-state index in [9.17, 15) is 9.18 Å². The van der Waals surface area contributed by atoms with E-state index in [1.54, 1.807) is 12.3 Å². The van der Waals surface area contributed by atoms with Gasteiger partial charge < -0.3 is 5.32 Å². The van der Waals surface area contributed by atoms with E-state index < -0.39 is 5.82 Å². The number of fused-ring (bicyclic) bond motifs is 2. The highest BCUT2D eigenvalue weighted by atomic mass is 32.1. The summed E-state index contributed by atoms with van der Waals surface area (Å²) in [5, 5.41) is 13.3. The summed E-state index contributed by atoms with van der Waals surface area (Å²) in [5.41, 5.74) is 1.96. The third kappa shape index (κ3) is 2.34. The van der Waals surface area contributed by atoms with Crippen LogP contribution in [0.1, 0.15) is 38.8 Å². The van der Waals surface area contributed by atoms with Gasteiger partial charge in [-0.15, -0.1) is 11.3 Å². The number of thiophene rings is 1. The largest absolute Gasteiger partial charge is 0.362 e. The standard InChI is InChI=1S/C18H12FN3OS/c19-15-7-14-10(5-12(15)8-20)1-2-16(14)22-18-17-11(3-4-21-18)6-13(9-23)24-17/h3-7,9,16H,1-2H2,(H,21,22)/t16-/m1/s1. The normalized spacial score (nSPS) is 15.9. The molecule has 3 aromatic rings. The number of rotatable bonds is 3. The topological polar surface area (TPSA) is 65.8 Å². The van der Waals surface area contributed by atoms with Gasteiger partial charge in [0.05, 0.1) is 21.2 Å². The van der Waals surface area contributed by atoms with Gasteiger partial charge in [-0.2, -0.15) is 5.26 Å². The maximum atomic E-state index is 14.0. The Morgan fingerprint density at radius 2 is 2.29 bits per heavy atom. The summed E-state index contributed by atoms with van der Waals surface area (Å²) in [6.07, 6.45) is 4.13. The van der Waals surface area contributed by atoms with Crippen LogP contribution in [-0.2, 0) is 6.42 Å². The third-order valence-corrected chi connectivity index (χ3v) is 5.39. The minimum atomic E-state index is -0.490. The summed E-state index contributed by atoms with van der Waals surface area (Å²) in [6.45, 7) is 0. The zero-order chi connectivity index (χ0) is 16.7. The van der Waals surface area contributed by atoms with Crippen molar-refractivity contribution in [2.75, 3.05) is 5.32 Å². The van der Waals surface area contributed by atoms with E-state index in [2.05, 4.69) is 10.3 Å². The Hall–Kier alpha value is -2.78. The molecule has 0 saturated heterocycles. The Morgan fingerprint density at radius 3 is 3.08 bits per heavy atom. The molecule has 2 aromatic heterocycles. The molecule has 1 N–H and O–H groups in total. The summed E-state index contributed by atoms with van der Waals surface area (Å²) >= 11 is 1.39. The minimum Gasteiger partial charge on any atom is -0.362 e. The number of nitrogens with one attached hydrogen (secondary N) is 1. The Morgan fingerprint density at radius 1 is 1.42 bits per heavy atom. The Balaban J connectivity index is 1.72. The Bertz CT molecular complexity index is 1010. The van der Waals surface area contributed by atoms with Crippen LogP contribution in [-0.4, -0.2) is 11.3 Å². The number of pyridine rings is 1. The number of halogens is 1. The Labute approximate surface area is 141 Å². The maximum Gasteiger partial charge on any atom is 0.160 e. The number of aldehydes is 1. The fourth-order valence-corrected chi connectivity index (χ4v) is 4.10. The van der Waals surface area contributed by atoms with Gasteiger partial charge in [-0.1, -0.05) is 0 Å². The molecular formula is C18H12FN3OS. The van der Waals surface area contributed by atoms with Crippen molar-refractivity contribution in [1.29, 1.82) is 5.26 Å². The Kier molecular flexibility index (Phi) is 3.51. The molecule has 4 nitrogen and oxygen atoms in total. The first-order chi connectivity index (χ1) is 11.7. The highest BCUT2D eigenvalue weighted by Gasteiger charge is 2.25. The number of anilines is 1. The van der Waals surface area contributed by atoms with Crippen molar-refractivity contribution in [2.45, 2.75) is 18.9 Å². The van der Waals surface area contributed by atoms with Crippen molar-refractivity contribution < 1.29 is 9.18 Å². The molecule has 0 fully saturated rings. The number of hydrogen-bond acceptors (Lipinski definition) is 5. The highest BCUT2D eigenvalue weighted by molar-refractivity contribution is 7.21. The number of benzene rings is 1. The van der Waals surface area contributed by atoms with Crippen LogP contribution in [0.15, 0.2) is 30.5 Å². The molecule has 0 saturated carbocycles. The first-order valence-electron chi connectivity index (χ1n) is 7.52. The summed E-state index contributed by atoms with van der Waals surface area (Å²) in [4.78, 5) is 16.0. The predicted octanol–water partition coefficient (Wildman–Crippen LogP) is 4.22. The van der Waals surface area contributed by atoms with Gasteiger partial charge in [-0.25, -0.2) is 9.37 Å². The lowest BCUT2D eigenvalue weighted by atomic mass is 10.0. The van der Waals surface area contributed by atoms with E-state index in [-0.39, 0.29) is 11.6 Å². The molecule has 118 valence electrons. The van der Waals surface area contributed by atoms with Gasteiger partial charge in [0.1, 0.15) is 17.7 Å². The smallest absolute Gasteiger partial charge is 0.160 e. The average molecular weight is 337 g/mol. The van der Waals surface area contributed by atoms with E-state index in [0.29, 0.717) is 10.7 Å². The summed E-state index contributed by atoms with van der Waals surface area (Å²) in [5.74, 6) is 0.212. The van der Waals surface area contributed by atoms with Crippen LogP contribution < -0.4 is 5.32 Å². The van der Waals surface area contributed by atoms with Crippen LogP contribution in [0.5, 0.6) is 0 Å². The average Bonchev–Trinajstić information content (AvgIpc) is 3.18. The van der Waals surface area contributed by atoms with Gasteiger partial charge in [-0.05, 0) is 53.6 Å². The van der Waals surface area contributed by atoms with E-state index in [1.165, 1.54) is 17.4 Å². The van der Waals surface area contributed by atoms with E-state index >= 15 is 0 Å². The summed E-state index contributed by atoms with van der Waals surface area (Å²) in [7, 11) is 0. The molecule has 1 aliphatic carbocycles. The van der Waals surface area contributed by atoms with E-state index in [4.69, 9.17) is 5.26 Å². The molecule has 0 aliphatic heterocycles. The first-order valence-corrected chi connectivity index (χ1v) is 8.34. The lowest BCUT2D eigenvalue weighted by Gasteiger charge is -2.15. The number of hydrogen-bond donors (Lipinski definition) is 1. The van der Waals surface area contributed by atoms with E-state index in [1.807, 2.05) is 18.2 Å². The molecule has 1 aromatic carbocycles. The number of aromatic nitrogens is 1. The van der Waals surface area contributed by atoms with Crippen LogP contribution in [0, 0.1) is 17.1 Å². The number of aryl methyl sites for hydroxylation is 1. The van der Waals surface area contributed by atoms with Crippen molar-refractivity contribution in [2.24, 2.45) is 0 Å². The van der Waals surface area contributed by atoms with Crippen LogP contribution in [0.25, 0.3) is 10.1 Å². The second-order valence-electron chi connectivity index (χ2n) is 5.72.